The molecule has 0 saturated carbocycles. The maximum absolute atomic E-state index is 13.3. The van der Waals surface area contributed by atoms with E-state index in [0.29, 0.717) is 25.9 Å². The smallest absolute Gasteiger partial charge is 0.263 e. The summed E-state index contributed by atoms with van der Waals surface area (Å²) in [6.45, 7) is 1.29. The number of carbonyl (C=O) groups is 1. The molecule has 0 spiro atoms. The molecule has 11 heteroatoms. The highest BCUT2D eigenvalue weighted by Gasteiger charge is 2.24. The number of anilines is 1. The molecule has 1 N–H and O–H groups in total. The Morgan fingerprint density at radius 3 is 2.55 bits per heavy atom. The van der Waals surface area contributed by atoms with Gasteiger partial charge < -0.3 is 4.90 Å². The molecule has 1 fully saturated rings. The van der Waals surface area contributed by atoms with E-state index in [9.17, 15) is 17.6 Å². The lowest BCUT2D eigenvalue weighted by molar-refractivity contribution is -0.132. The van der Waals surface area contributed by atoms with Crippen LogP contribution in [-0.2, 0) is 21.2 Å². The second-order valence-corrected chi connectivity index (χ2v) is 10.7. The molecular weight excluding hydrogens is 487 g/mol. The van der Waals surface area contributed by atoms with Crippen molar-refractivity contribution in [3.8, 4) is 0 Å². The van der Waals surface area contributed by atoms with Crippen molar-refractivity contribution in [1.29, 1.82) is 0 Å². The number of nitrogens with zero attached hydrogens (tertiary/aromatic N) is 3. The van der Waals surface area contributed by atoms with E-state index in [4.69, 9.17) is 11.6 Å². The lowest BCUT2D eigenvalue weighted by atomic mass is 9.89. The first-order valence-electron chi connectivity index (χ1n) is 10.4. The van der Waals surface area contributed by atoms with Crippen LogP contribution in [0.25, 0.3) is 0 Å². The maximum atomic E-state index is 13.3. The van der Waals surface area contributed by atoms with E-state index in [0.717, 1.165) is 35.5 Å². The van der Waals surface area contributed by atoms with Gasteiger partial charge in [0.15, 0.2) is 0 Å². The Labute approximate surface area is 200 Å². The zero-order valence-electron chi connectivity index (χ0n) is 17.6. The van der Waals surface area contributed by atoms with Crippen molar-refractivity contribution in [3.63, 3.8) is 0 Å². The summed E-state index contributed by atoms with van der Waals surface area (Å²) in [6, 6.07) is 11.4. The average molecular weight is 509 g/mol. The fraction of sp³-hybridized carbons (Fsp3) is 0.318. The molecule has 33 heavy (non-hydrogen) atoms. The van der Waals surface area contributed by atoms with Gasteiger partial charge in [0.25, 0.3) is 10.0 Å². The van der Waals surface area contributed by atoms with Crippen molar-refractivity contribution < 1.29 is 17.6 Å². The Morgan fingerprint density at radius 2 is 1.91 bits per heavy atom. The van der Waals surface area contributed by atoms with Crippen molar-refractivity contribution in [2.45, 2.75) is 36.5 Å². The first-order valence-corrected chi connectivity index (χ1v) is 13.1. The van der Waals surface area contributed by atoms with Crippen LogP contribution in [0.4, 0.5) is 9.52 Å². The third kappa shape index (κ3) is 5.87. The van der Waals surface area contributed by atoms with Gasteiger partial charge in [0.05, 0.1) is 9.92 Å². The Morgan fingerprint density at radius 1 is 1.18 bits per heavy atom. The van der Waals surface area contributed by atoms with Crippen molar-refractivity contribution in [2.75, 3.05) is 17.8 Å². The Hall–Kier alpha value is -2.56. The second-order valence-electron chi connectivity index (χ2n) is 7.82. The number of benzene rings is 2. The minimum atomic E-state index is -3.71. The van der Waals surface area contributed by atoms with Gasteiger partial charge in [-0.3, -0.25) is 9.52 Å². The normalized spacial score (nSPS) is 14.9. The van der Waals surface area contributed by atoms with Crippen molar-refractivity contribution >= 4 is 44.2 Å². The van der Waals surface area contributed by atoms with Crippen LogP contribution in [0.2, 0.25) is 5.02 Å². The van der Waals surface area contributed by atoms with Crippen molar-refractivity contribution in [1.82, 2.24) is 14.3 Å². The minimum absolute atomic E-state index is 0.0653. The van der Waals surface area contributed by atoms with Gasteiger partial charge in [0.1, 0.15) is 12.1 Å². The average Bonchev–Trinajstić information content (AvgIpc) is 3.32. The standard InChI is InChI=1S/C22H22ClFN4O3S2/c23-19-13-15(1-7-20(19)24)2-8-21(29)28-11-9-17(10-12-28)16-3-5-18(6-4-16)33(30,31)27-22-25-14-26-32-22/h1,3-7,13-14,17H,2,8-12H2,(H,25,26,27). The molecule has 1 saturated heterocycles. The molecule has 0 aliphatic carbocycles. The predicted molar refractivity (Wildman–Crippen MR) is 125 cm³/mol. The van der Waals surface area contributed by atoms with Crippen molar-refractivity contribution in [3.05, 3.63) is 70.8 Å². The van der Waals surface area contributed by atoms with E-state index in [-0.39, 0.29) is 26.9 Å². The summed E-state index contributed by atoms with van der Waals surface area (Å²) >= 11 is 6.78. The zero-order chi connectivity index (χ0) is 23.4. The topological polar surface area (TPSA) is 92.3 Å². The summed E-state index contributed by atoms with van der Waals surface area (Å²) in [7, 11) is -3.71. The molecule has 1 amide bonds. The van der Waals surface area contributed by atoms with Gasteiger partial charge >= 0.3 is 0 Å². The fourth-order valence-corrected chi connectivity index (χ4v) is 5.74. The molecule has 1 aromatic heterocycles. The van der Waals surface area contributed by atoms with Crippen LogP contribution in [0.15, 0.2) is 53.7 Å². The predicted octanol–water partition coefficient (Wildman–Crippen LogP) is 4.47. The van der Waals surface area contributed by atoms with Crippen LogP contribution >= 0.6 is 23.1 Å². The fourth-order valence-electron chi connectivity index (χ4n) is 3.88. The number of rotatable bonds is 7. The molecule has 3 aromatic rings. The summed E-state index contributed by atoms with van der Waals surface area (Å²) in [5.74, 6) is -0.136. The van der Waals surface area contributed by atoms with E-state index >= 15 is 0 Å². The van der Waals surface area contributed by atoms with E-state index in [1.165, 1.54) is 12.4 Å². The number of amides is 1. The Bertz CT molecular complexity index is 1210. The first kappa shape index (κ1) is 23.6. The van der Waals surface area contributed by atoms with Gasteiger partial charge in [-0.05, 0) is 60.6 Å². The lowest BCUT2D eigenvalue weighted by Crippen LogP contribution is -2.38. The highest BCUT2D eigenvalue weighted by atomic mass is 35.5. The molecule has 4 rings (SSSR count). The van der Waals surface area contributed by atoms with Crippen LogP contribution in [0, 0.1) is 5.82 Å². The molecule has 1 aliphatic rings. The van der Waals surface area contributed by atoms with Gasteiger partial charge in [-0.1, -0.05) is 29.8 Å². The summed E-state index contributed by atoms with van der Waals surface area (Å²) in [5.41, 5.74) is 1.89. The van der Waals surface area contributed by atoms with Gasteiger partial charge in [-0.25, -0.2) is 17.8 Å². The molecule has 2 aromatic carbocycles. The third-order valence-corrected chi connectivity index (χ3v) is 8.06. The minimum Gasteiger partial charge on any atom is -0.343 e. The number of aromatic nitrogens is 2. The Kier molecular flexibility index (Phi) is 7.26. The highest BCUT2D eigenvalue weighted by molar-refractivity contribution is 7.93. The number of hydrogen-bond donors (Lipinski definition) is 1. The van der Waals surface area contributed by atoms with Crippen molar-refractivity contribution in [2.24, 2.45) is 0 Å². The zero-order valence-corrected chi connectivity index (χ0v) is 20.0. The van der Waals surface area contributed by atoms with Crippen LogP contribution in [0.3, 0.4) is 0 Å². The SMILES string of the molecule is O=C(CCc1ccc(F)c(Cl)c1)N1CCC(c2ccc(S(=O)(=O)Nc3ncns3)cc2)CC1. The van der Waals surface area contributed by atoms with Crippen LogP contribution in [0.1, 0.15) is 36.3 Å². The van der Waals surface area contributed by atoms with Gasteiger partial charge in [-0.15, -0.1) is 0 Å². The number of likely N-dealkylation sites (tertiary alicyclic amines) is 1. The number of aryl methyl sites for hydroxylation is 1. The van der Waals surface area contributed by atoms with E-state index < -0.39 is 15.8 Å². The molecule has 2 heterocycles. The van der Waals surface area contributed by atoms with Crippen LogP contribution in [0.5, 0.6) is 0 Å². The summed E-state index contributed by atoms with van der Waals surface area (Å²) < 4.78 is 44.4. The summed E-state index contributed by atoms with van der Waals surface area (Å²) in [6.07, 6.45) is 3.77. The highest BCUT2D eigenvalue weighted by Crippen LogP contribution is 2.29. The number of piperidine rings is 1. The molecule has 174 valence electrons. The lowest BCUT2D eigenvalue weighted by Gasteiger charge is -2.32. The molecule has 1 aliphatic heterocycles. The number of hydrogen-bond acceptors (Lipinski definition) is 6. The number of carbonyl (C=O) groups excluding carboxylic acids is 1. The van der Waals surface area contributed by atoms with Gasteiger partial charge in [0.2, 0.25) is 11.0 Å². The quantitative estimate of drug-likeness (QED) is 0.508. The largest absolute Gasteiger partial charge is 0.343 e. The van der Waals surface area contributed by atoms with E-state index in [1.54, 1.807) is 24.3 Å². The van der Waals surface area contributed by atoms with Crippen LogP contribution < -0.4 is 4.72 Å². The van der Waals surface area contributed by atoms with Gasteiger partial charge in [-0.2, -0.15) is 4.37 Å². The molecule has 0 bridgehead atoms. The molecular formula is C22H22ClFN4O3S2. The maximum Gasteiger partial charge on any atom is 0.263 e. The molecule has 7 nitrogen and oxygen atoms in total. The monoisotopic (exact) mass is 508 g/mol. The van der Waals surface area contributed by atoms with E-state index in [2.05, 4.69) is 14.1 Å². The first-order chi connectivity index (χ1) is 15.8. The molecule has 0 atom stereocenters. The number of nitrogens with one attached hydrogen (secondary N) is 1. The Balaban J connectivity index is 1.29. The van der Waals surface area contributed by atoms with E-state index in [1.807, 2.05) is 17.0 Å². The molecule has 0 unspecified atom stereocenters. The second kappa shape index (κ2) is 10.1. The molecule has 0 radical (unpaired) electrons. The number of halogens is 2. The third-order valence-electron chi connectivity index (χ3n) is 5.70. The summed E-state index contributed by atoms with van der Waals surface area (Å²) in [5, 5.41) is 0.286. The summed E-state index contributed by atoms with van der Waals surface area (Å²) in [4.78, 5) is 18.4. The van der Waals surface area contributed by atoms with Gasteiger partial charge in [0, 0.05) is 31.0 Å². The number of sulfonamides is 1. The van der Waals surface area contributed by atoms with Crippen LogP contribution in [-0.4, -0.2) is 41.7 Å².